The summed E-state index contributed by atoms with van der Waals surface area (Å²) < 4.78 is 5.07. The van der Waals surface area contributed by atoms with E-state index in [4.69, 9.17) is 4.42 Å². The number of carbonyl (C=O) groups excluding carboxylic acids is 2. The number of amides is 2. The largest absolute Gasteiger partial charge is 0.459 e. The number of hydrogen-bond donors (Lipinski definition) is 2. The Morgan fingerprint density at radius 3 is 2.16 bits per heavy atom. The van der Waals surface area contributed by atoms with E-state index >= 15 is 0 Å². The SMILES string of the molecule is CN(C)C1CCN(c2ccc(NC(=O)c3ccc(NC(=O)c4ccco4)cc3)cc2)C1. The molecule has 0 spiro atoms. The van der Waals surface area contributed by atoms with E-state index in [1.807, 2.05) is 24.3 Å². The predicted molar refractivity (Wildman–Crippen MR) is 122 cm³/mol. The number of rotatable bonds is 6. The minimum atomic E-state index is -0.336. The van der Waals surface area contributed by atoms with Crippen LogP contribution in [0.3, 0.4) is 0 Å². The molecule has 2 N–H and O–H groups in total. The van der Waals surface area contributed by atoms with E-state index in [1.165, 1.54) is 12.0 Å². The van der Waals surface area contributed by atoms with E-state index in [2.05, 4.69) is 34.5 Å². The predicted octanol–water partition coefficient (Wildman–Crippen LogP) is 3.92. The zero-order valence-electron chi connectivity index (χ0n) is 17.7. The molecule has 1 unspecified atom stereocenters. The van der Waals surface area contributed by atoms with Gasteiger partial charge in [-0.3, -0.25) is 9.59 Å². The van der Waals surface area contributed by atoms with Gasteiger partial charge in [-0.25, -0.2) is 0 Å². The highest BCUT2D eigenvalue weighted by atomic mass is 16.3. The first kappa shape index (κ1) is 20.7. The lowest BCUT2D eigenvalue weighted by atomic mass is 10.2. The van der Waals surface area contributed by atoms with Crippen LogP contribution in [0.4, 0.5) is 17.1 Å². The zero-order valence-corrected chi connectivity index (χ0v) is 17.7. The summed E-state index contributed by atoms with van der Waals surface area (Å²) in [5.74, 6) is -0.306. The number of nitrogens with one attached hydrogen (secondary N) is 2. The van der Waals surface area contributed by atoms with Gasteiger partial charge in [0.1, 0.15) is 0 Å². The third kappa shape index (κ3) is 4.95. The first-order chi connectivity index (χ1) is 15.0. The fraction of sp³-hybridized carbons (Fsp3) is 0.250. The summed E-state index contributed by atoms with van der Waals surface area (Å²) >= 11 is 0. The highest BCUT2D eigenvalue weighted by molar-refractivity contribution is 6.05. The van der Waals surface area contributed by atoms with Crippen LogP contribution in [0, 0.1) is 0 Å². The summed E-state index contributed by atoms with van der Waals surface area (Å²) in [5.41, 5.74) is 3.00. The molecule has 1 aliphatic rings. The number of nitrogens with zero attached hydrogens (tertiary/aromatic N) is 2. The van der Waals surface area contributed by atoms with Crippen LogP contribution in [0.2, 0.25) is 0 Å². The fourth-order valence-corrected chi connectivity index (χ4v) is 3.66. The minimum absolute atomic E-state index is 0.203. The molecule has 1 fully saturated rings. The van der Waals surface area contributed by atoms with Gasteiger partial charge in [-0.05, 0) is 81.2 Å². The molecule has 160 valence electrons. The Hall–Kier alpha value is -3.58. The van der Waals surface area contributed by atoms with Gasteiger partial charge in [0.05, 0.1) is 6.26 Å². The van der Waals surface area contributed by atoms with E-state index in [0.717, 1.165) is 25.2 Å². The maximum absolute atomic E-state index is 12.6. The van der Waals surface area contributed by atoms with Crippen LogP contribution >= 0.6 is 0 Å². The highest BCUT2D eigenvalue weighted by Gasteiger charge is 2.24. The average molecular weight is 418 g/mol. The number of hydrogen-bond acceptors (Lipinski definition) is 5. The second-order valence-electron chi connectivity index (χ2n) is 7.86. The molecule has 1 aromatic heterocycles. The zero-order chi connectivity index (χ0) is 21.8. The monoisotopic (exact) mass is 418 g/mol. The Morgan fingerprint density at radius 1 is 0.935 bits per heavy atom. The van der Waals surface area contributed by atoms with Gasteiger partial charge in [0.25, 0.3) is 11.8 Å². The van der Waals surface area contributed by atoms with E-state index in [9.17, 15) is 9.59 Å². The summed E-state index contributed by atoms with van der Waals surface area (Å²) in [6, 6.07) is 18.5. The molecular weight excluding hydrogens is 392 g/mol. The molecule has 0 aliphatic carbocycles. The van der Waals surface area contributed by atoms with Crippen LogP contribution in [0.15, 0.2) is 71.3 Å². The smallest absolute Gasteiger partial charge is 0.291 e. The third-order valence-electron chi connectivity index (χ3n) is 5.53. The van der Waals surface area contributed by atoms with Crippen LogP contribution in [-0.2, 0) is 0 Å². The molecule has 1 atom stereocenters. The van der Waals surface area contributed by atoms with Gasteiger partial charge in [0, 0.05) is 41.8 Å². The van der Waals surface area contributed by atoms with Gasteiger partial charge >= 0.3 is 0 Å². The van der Waals surface area contributed by atoms with Gasteiger partial charge in [-0.1, -0.05) is 0 Å². The molecule has 3 aromatic rings. The van der Waals surface area contributed by atoms with E-state index < -0.39 is 0 Å². The van der Waals surface area contributed by atoms with Crippen molar-refractivity contribution in [2.75, 3.05) is 42.7 Å². The van der Waals surface area contributed by atoms with Gasteiger partial charge in [0.15, 0.2) is 5.76 Å². The van der Waals surface area contributed by atoms with Crippen molar-refractivity contribution in [3.63, 3.8) is 0 Å². The van der Waals surface area contributed by atoms with Crippen molar-refractivity contribution in [3.05, 3.63) is 78.3 Å². The molecule has 1 aliphatic heterocycles. The molecule has 7 heteroatoms. The fourth-order valence-electron chi connectivity index (χ4n) is 3.66. The number of furan rings is 1. The van der Waals surface area contributed by atoms with Crippen LogP contribution < -0.4 is 15.5 Å². The number of benzene rings is 2. The Bertz CT molecular complexity index is 1030. The Kier molecular flexibility index (Phi) is 6.04. The average Bonchev–Trinajstić information content (AvgIpc) is 3.47. The second-order valence-corrected chi connectivity index (χ2v) is 7.86. The topological polar surface area (TPSA) is 77.8 Å². The van der Waals surface area contributed by atoms with E-state index in [-0.39, 0.29) is 17.6 Å². The maximum Gasteiger partial charge on any atom is 0.291 e. The Morgan fingerprint density at radius 2 is 1.58 bits per heavy atom. The number of anilines is 3. The Labute approximate surface area is 181 Å². The van der Waals surface area contributed by atoms with Gasteiger partial charge in [-0.15, -0.1) is 0 Å². The van der Waals surface area contributed by atoms with Crippen molar-refractivity contribution < 1.29 is 14.0 Å². The Balaban J connectivity index is 1.33. The van der Waals surface area contributed by atoms with Crippen molar-refractivity contribution in [2.24, 2.45) is 0 Å². The number of carbonyl (C=O) groups is 2. The van der Waals surface area contributed by atoms with Gasteiger partial charge in [0.2, 0.25) is 0 Å². The molecule has 2 aromatic carbocycles. The molecule has 1 saturated heterocycles. The summed E-state index contributed by atoms with van der Waals surface area (Å²) in [7, 11) is 4.23. The summed E-state index contributed by atoms with van der Waals surface area (Å²) in [6.07, 6.45) is 2.60. The molecule has 0 radical (unpaired) electrons. The minimum Gasteiger partial charge on any atom is -0.459 e. The summed E-state index contributed by atoms with van der Waals surface area (Å²) in [5, 5.41) is 5.65. The first-order valence-corrected chi connectivity index (χ1v) is 10.3. The highest BCUT2D eigenvalue weighted by Crippen LogP contribution is 2.24. The van der Waals surface area contributed by atoms with Crippen LogP contribution in [0.5, 0.6) is 0 Å². The summed E-state index contributed by atoms with van der Waals surface area (Å²) in [6.45, 7) is 2.05. The van der Waals surface area contributed by atoms with Crippen molar-refractivity contribution in [1.29, 1.82) is 0 Å². The third-order valence-corrected chi connectivity index (χ3v) is 5.53. The van der Waals surface area contributed by atoms with E-state index in [1.54, 1.807) is 36.4 Å². The quantitative estimate of drug-likeness (QED) is 0.634. The van der Waals surface area contributed by atoms with Crippen LogP contribution in [0.25, 0.3) is 0 Å². The van der Waals surface area contributed by atoms with Crippen molar-refractivity contribution in [3.8, 4) is 0 Å². The first-order valence-electron chi connectivity index (χ1n) is 10.3. The molecular formula is C24H26N4O3. The molecule has 31 heavy (non-hydrogen) atoms. The van der Waals surface area contributed by atoms with Gasteiger partial charge in [-0.2, -0.15) is 0 Å². The van der Waals surface area contributed by atoms with Crippen LogP contribution in [0.1, 0.15) is 27.3 Å². The number of likely N-dealkylation sites (N-methyl/N-ethyl adjacent to an activating group) is 1. The lowest BCUT2D eigenvalue weighted by Gasteiger charge is -2.22. The standard InChI is InChI=1S/C24H26N4O3/c1-27(2)21-13-14-28(16-21)20-11-9-19(10-12-20)25-23(29)17-5-7-18(8-6-17)26-24(30)22-4-3-15-31-22/h3-12,15,21H,13-14,16H2,1-2H3,(H,25,29)(H,26,30). The van der Waals surface area contributed by atoms with Crippen molar-refractivity contribution >= 4 is 28.9 Å². The molecule has 7 nitrogen and oxygen atoms in total. The van der Waals surface area contributed by atoms with E-state index in [0.29, 0.717) is 17.3 Å². The van der Waals surface area contributed by atoms with Crippen molar-refractivity contribution in [2.45, 2.75) is 12.5 Å². The van der Waals surface area contributed by atoms with Gasteiger partial charge < -0.3 is 24.9 Å². The molecule has 0 saturated carbocycles. The maximum atomic E-state index is 12.6. The lowest BCUT2D eigenvalue weighted by molar-refractivity contribution is 0.0995. The lowest BCUT2D eigenvalue weighted by Crippen LogP contribution is -2.31. The molecule has 0 bridgehead atoms. The second kappa shape index (κ2) is 9.06. The van der Waals surface area contributed by atoms with Crippen molar-refractivity contribution in [1.82, 2.24) is 4.90 Å². The summed E-state index contributed by atoms with van der Waals surface area (Å²) in [4.78, 5) is 29.2. The molecule has 2 amide bonds. The normalized spacial score (nSPS) is 15.8. The van der Waals surface area contributed by atoms with Crippen LogP contribution in [-0.4, -0.2) is 49.9 Å². The molecule has 4 rings (SSSR count). The molecule has 2 heterocycles.